The molecule has 1 aromatic heterocycles. The molecular formula is C20H23N3O3S. The van der Waals surface area contributed by atoms with Gasteiger partial charge in [0.05, 0.1) is 17.9 Å². The van der Waals surface area contributed by atoms with Crippen LogP contribution < -0.4 is 10.1 Å². The van der Waals surface area contributed by atoms with Crippen LogP contribution in [0.15, 0.2) is 66.7 Å². The third kappa shape index (κ3) is 6.38. The quantitative estimate of drug-likeness (QED) is 0.602. The number of thioether (sulfide) groups is 1. The first kappa shape index (κ1) is 20.4. The molecule has 0 aliphatic rings. The van der Waals surface area contributed by atoms with E-state index in [0.717, 1.165) is 11.4 Å². The van der Waals surface area contributed by atoms with E-state index in [-0.39, 0.29) is 0 Å². The highest BCUT2D eigenvalue weighted by molar-refractivity contribution is 7.98. The lowest BCUT2D eigenvalue weighted by Crippen LogP contribution is -2.12. The minimum Gasteiger partial charge on any atom is -0.475 e. The van der Waals surface area contributed by atoms with Crippen molar-refractivity contribution in [2.75, 3.05) is 23.9 Å². The Hall–Kier alpha value is -2.93. The summed E-state index contributed by atoms with van der Waals surface area (Å²) in [5, 5.41) is 15.7. The average Bonchev–Trinajstić information content (AvgIpc) is 3.00. The van der Waals surface area contributed by atoms with Gasteiger partial charge in [-0.15, -0.1) is 5.10 Å². The summed E-state index contributed by atoms with van der Waals surface area (Å²) in [7, 11) is 0. The molecule has 0 unspecified atom stereocenters. The molecule has 0 saturated heterocycles. The van der Waals surface area contributed by atoms with E-state index in [0.29, 0.717) is 23.9 Å². The van der Waals surface area contributed by atoms with Gasteiger partial charge in [0.2, 0.25) is 5.88 Å². The highest BCUT2D eigenvalue weighted by Crippen LogP contribution is 2.28. The van der Waals surface area contributed by atoms with E-state index in [9.17, 15) is 4.79 Å². The topological polar surface area (TPSA) is 76.4 Å². The summed E-state index contributed by atoms with van der Waals surface area (Å²) >= 11 is 1.68. The summed E-state index contributed by atoms with van der Waals surface area (Å²) in [6.07, 6.45) is 0.863. The number of para-hydroxylation sites is 1. The van der Waals surface area contributed by atoms with E-state index >= 15 is 0 Å². The van der Waals surface area contributed by atoms with Gasteiger partial charge in [-0.3, -0.25) is 5.32 Å². The van der Waals surface area contributed by atoms with Crippen molar-refractivity contribution in [1.82, 2.24) is 9.78 Å². The van der Waals surface area contributed by atoms with Crippen molar-refractivity contribution in [3.05, 3.63) is 72.3 Å². The second-order valence-electron chi connectivity index (χ2n) is 5.45. The number of rotatable bonds is 6. The largest absolute Gasteiger partial charge is 0.475 e. The first-order chi connectivity index (χ1) is 13.1. The molecule has 0 fully saturated rings. The Bertz CT molecular complexity index is 797. The van der Waals surface area contributed by atoms with E-state index < -0.39 is 6.09 Å². The van der Waals surface area contributed by atoms with Crippen LogP contribution in [-0.4, -0.2) is 39.6 Å². The van der Waals surface area contributed by atoms with Gasteiger partial charge in [-0.1, -0.05) is 54.6 Å². The average molecular weight is 385 g/mol. The summed E-state index contributed by atoms with van der Waals surface area (Å²) in [4.78, 5) is 11.0. The van der Waals surface area contributed by atoms with Crippen molar-refractivity contribution in [2.24, 2.45) is 0 Å². The molecule has 0 saturated carbocycles. The summed E-state index contributed by atoms with van der Waals surface area (Å²) in [6.45, 7) is 2.31. The zero-order valence-corrected chi connectivity index (χ0v) is 16.1. The van der Waals surface area contributed by atoms with Gasteiger partial charge in [-0.2, -0.15) is 11.8 Å². The van der Waals surface area contributed by atoms with Gasteiger partial charge in [0.25, 0.3) is 0 Å². The Labute approximate surface area is 163 Å². The summed E-state index contributed by atoms with van der Waals surface area (Å²) < 4.78 is 7.16. The van der Waals surface area contributed by atoms with Crippen LogP contribution in [0.2, 0.25) is 0 Å². The van der Waals surface area contributed by atoms with Gasteiger partial charge >= 0.3 is 6.09 Å². The number of carboxylic acid groups (broad SMARTS) is 1. The normalized spacial score (nSPS) is 9.85. The minimum atomic E-state index is -1.13. The molecule has 1 amide bonds. The second-order valence-corrected chi connectivity index (χ2v) is 6.44. The molecule has 0 spiro atoms. The SMILES string of the molecule is CSCCOc1nn(-c2ccccc2)c(NC(=O)O)c1C.c1ccccc1. The number of anilines is 1. The zero-order chi connectivity index (χ0) is 19.5. The van der Waals surface area contributed by atoms with E-state index in [4.69, 9.17) is 9.84 Å². The van der Waals surface area contributed by atoms with Gasteiger partial charge < -0.3 is 9.84 Å². The molecule has 6 nitrogen and oxygen atoms in total. The molecule has 7 heteroatoms. The van der Waals surface area contributed by atoms with Gasteiger partial charge in [-0.05, 0) is 25.3 Å². The van der Waals surface area contributed by atoms with Crippen molar-refractivity contribution in [3.8, 4) is 11.6 Å². The standard InChI is InChI=1S/C14H17N3O3S.C6H6/c1-10-12(15-14(18)19)17(11-6-4-3-5-7-11)16-13(10)20-8-9-21-2;1-2-4-6-5-3-1/h3-7,15H,8-9H2,1-2H3,(H,18,19);1-6H. The lowest BCUT2D eigenvalue weighted by Gasteiger charge is -2.06. The van der Waals surface area contributed by atoms with Crippen molar-refractivity contribution < 1.29 is 14.6 Å². The fourth-order valence-corrected chi connectivity index (χ4v) is 2.47. The van der Waals surface area contributed by atoms with Crippen LogP contribution in [-0.2, 0) is 0 Å². The predicted octanol–water partition coefficient (Wildman–Crippen LogP) is 4.70. The van der Waals surface area contributed by atoms with Gasteiger partial charge in [0.1, 0.15) is 5.82 Å². The fraction of sp³-hybridized carbons (Fsp3) is 0.200. The Morgan fingerprint density at radius 2 is 1.67 bits per heavy atom. The molecule has 0 atom stereocenters. The Kier molecular flexibility index (Phi) is 8.25. The number of aromatic nitrogens is 2. The first-order valence-corrected chi connectivity index (χ1v) is 9.79. The molecule has 1 heterocycles. The van der Waals surface area contributed by atoms with Crippen LogP contribution >= 0.6 is 11.8 Å². The second kappa shape index (κ2) is 10.9. The van der Waals surface area contributed by atoms with Crippen LogP contribution in [0.4, 0.5) is 10.6 Å². The molecule has 0 aliphatic carbocycles. The number of nitrogens with zero attached hydrogens (tertiary/aromatic N) is 2. The monoisotopic (exact) mass is 385 g/mol. The smallest absolute Gasteiger partial charge is 0.410 e. The Morgan fingerprint density at radius 1 is 1.11 bits per heavy atom. The number of nitrogens with one attached hydrogen (secondary N) is 1. The highest BCUT2D eigenvalue weighted by atomic mass is 32.2. The van der Waals surface area contributed by atoms with Crippen LogP contribution in [0, 0.1) is 6.92 Å². The third-order valence-corrected chi connectivity index (χ3v) is 4.07. The summed E-state index contributed by atoms with van der Waals surface area (Å²) in [6, 6.07) is 21.3. The molecule has 3 rings (SSSR count). The van der Waals surface area contributed by atoms with Crippen LogP contribution in [0.5, 0.6) is 5.88 Å². The van der Waals surface area contributed by atoms with Crippen LogP contribution in [0.3, 0.4) is 0 Å². The van der Waals surface area contributed by atoms with Crippen molar-refractivity contribution >= 4 is 23.7 Å². The first-order valence-electron chi connectivity index (χ1n) is 8.40. The lowest BCUT2D eigenvalue weighted by molar-refractivity contribution is 0.209. The van der Waals surface area contributed by atoms with E-state index in [2.05, 4.69) is 10.4 Å². The molecular weight excluding hydrogens is 362 g/mol. The van der Waals surface area contributed by atoms with Crippen LogP contribution in [0.25, 0.3) is 5.69 Å². The molecule has 2 N–H and O–H groups in total. The minimum absolute atomic E-state index is 0.396. The van der Waals surface area contributed by atoms with Gasteiger partial charge in [0, 0.05) is 5.75 Å². The van der Waals surface area contributed by atoms with Gasteiger partial charge in [-0.25, -0.2) is 9.48 Å². The lowest BCUT2D eigenvalue weighted by atomic mass is 10.3. The molecule has 27 heavy (non-hydrogen) atoms. The third-order valence-electron chi connectivity index (χ3n) is 3.50. The van der Waals surface area contributed by atoms with Crippen molar-refractivity contribution in [2.45, 2.75) is 6.92 Å². The summed E-state index contributed by atoms with van der Waals surface area (Å²) in [5.74, 6) is 1.68. The van der Waals surface area contributed by atoms with Crippen molar-refractivity contribution in [1.29, 1.82) is 0 Å². The molecule has 0 bridgehead atoms. The number of amides is 1. The zero-order valence-electron chi connectivity index (χ0n) is 15.3. The highest BCUT2D eigenvalue weighted by Gasteiger charge is 2.18. The van der Waals surface area contributed by atoms with E-state index in [1.54, 1.807) is 18.7 Å². The maximum Gasteiger partial charge on any atom is 0.410 e. The molecule has 142 valence electrons. The van der Waals surface area contributed by atoms with Crippen LogP contribution in [0.1, 0.15) is 5.56 Å². The molecule has 3 aromatic rings. The number of hydrogen-bond donors (Lipinski definition) is 2. The Morgan fingerprint density at radius 3 is 2.19 bits per heavy atom. The maximum absolute atomic E-state index is 11.0. The molecule has 0 aliphatic heterocycles. The fourth-order valence-electron chi connectivity index (χ4n) is 2.22. The van der Waals surface area contributed by atoms with Gasteiger partial charge in [0.15, 0.2) is 0 Å². The molecule has 2 aromatic carbocycles. The maximum atomic E-state index is 11.0. The predicted molar refractivity (Wildman–Crippen MR) is 110 cm³/mol. The Balaban J connectivity index is 0.000000369. The van der Waals surface area contributed by atoms with Crippen molar-refractivity contribution in [3.63, 3.8) is 0 Å². The number of hydrogen-bond acceptors (Lipinski definition) is 4. The van der Waals surface area contributed by atoms with E-state index in [1.807, 2.05) is 73.0 Å². The molecule has 0 radical (unpaired) electrons. The number of benzene rings is 2. The number of carbonyl (C=O) groups is 1. The van der Waals surface area contributed by atoms with E-state index in [1.165, 1.54) is 4.68 Å². The summed E-state index contributed by atoms with van der Waals surface area (Å²) in [5.41, 5.74) is 1.44. The number of ether oxygens (including phenoxy) is 1.